The third-order valence-corrected chi connectivity index (χ3v) is 13.3. The molecule has 9 aromatic carbocycles. The van der Waals surface area contributed by atoms with Crippen molar-refractivity contribution in [3.8, 4) is 56.4 Å². The Morgan fingerprint density at radius 3 is 1.48 bits per heavy atom. The number of hydrogen-bond acceptors (Lipinski definition) is 4. The van der Waals surface area contributed by atoms with Crippen LogP contribution in [0.3, 0.4) is 0 Å². The molecule has 1 aliphatic rings. The lowest BCUT2D eigenvalue weighted by molar-refractivity contribution is 0.770. The molecule has 0 saturated heterocycles. The fourth-order valence-corrected chi connectivity index (χ4v) is 10.6. The van der Waals surface area contributed by atoms with Gasteiger partial charge in [0, 0.05) is 36.9 Å². The summed E-state index contributed by atoms with van der Waals surface area (Å²) in [6, 6.07) is 76.6. The molecule has 0 aliphatic heterocycles. The monoisotopic (exact) mass is 781 g/mol. The molecule has 0 atom stereocenters. The second-order valence-corrected chi connectivity index (χ2v) is 16.6. The largest absolute Gasteiger partial charge is 0.208 e. The van der Waals surface area contributed by atoms with Crippen LogP contribution in [0.1, 0.15) is 22.3 Å². The highest BCUT2D eigenvalue weighted by Crippen LogP contribution is 2.57. The highest BCUT2D eigenvalue weighted by Gasteiger charge is 2.46. The maximum Gasteiger partial charge on any atom is 0.164 e. The highest BCUT2D eigenvalue weighted by atomic mass is 32.1. The summed E-state index contributed by atoms with van der Waals surface area (Å²) in [6.45, 7) is 0. The van der Waals surface area contributed by atoms with Gasteiger partial charge < -0.3 is 0 Å². The molecule has 0 N–H and O–H groups in total. The van der Waals surface area contributed by atoms with Gasteiger partial charge in [-0.2, -0.15) is 0 Å². The quantitative estimate of drug-likeness (QED) is 0.169. The van der Waals surface area contributed by atoms with Crippen LogP contribution in [0.15, 0.2) is 212 Å². The van der Waals surface area contributed by atoms with E-state index in [4.69, 9.17) is 15.0 Å². The topological polar surface area (TPSA) is 38.7 Å². The van der Waals surface area contributed by atoms with E-state index >= 15 is 0 Å². The molecule has 11 aromatic rings. The summed E-state index contributed by atoms with van der Waals surface area (Å²) in [5, 5.41) is 4.88. The Morgan fingerprint density at radius 2 is 0.850 bits per heavy atom. The summed E-state index contributed by atoms with van der Waals surface area (Å²) in [4.78, 5) is 14.9. The number of benzene rings is 9. The van der Waals surface area contributed by atoms with E-state index in [0.29, 0.717) is 17.5 Å². The predicted molar refractivity (Wildman–Crippen MR) is 249 cm³/mol. The van der Waals surface area contributed by atoms with Crippen molar-refractivity contribution in [2.75, 3.05) is 0 Å². The summed E-state index contributed by atoms with van der Waals surface area (Å²) < 4.78 is 2.57. The highest BCUT2D eigenvalue weighted by molar-refractivity contribution is 7.26. The summed E-state index contributed by atoms with van der Waals surface area (Å²) in [7, 11) is 0. The third kappa shape index (κ3) is 5.38. The number of nitrogens with zero attached hydrogens (tertiary/aromatic N) is 3. The Balaban J connectivity index is 0.997. The maximum absolute atomic E-state index is 4.99. The van der Waals surface area contributed by atoms with Gasteiger partial charge in [-0.25, -0.2) is 15.0 Å². The number of rotatable bonds is 6. The van der Waals surface area contributed by atoms with Crippen LogP contribution >= 0.6 is 11.3 Å². The summed E-state index contributed by atoms with van der Waals surface area (Å²) >= 11 is 1.87. The minimum Gasteiger partial charge on any atom is -0.208 e. The van der Waals surface area contributed by atoms with Gasteiger partial charge in [-0.3, -0.25) is 0 Å². The Labute approximate surface area is 352 Å². The maximum atomic E-state index is 4.99. The number of thiophene rings is 1. The SMILES string of the molecule is c1ccc(-c2nc(-c3ccccc3)nc(-c3ccc4cc(-c5cccc6sc7ccc(C8(c9ccccc9)c9ccccc9-c9ccccc98)cc7c56)ccc4c3)n2)cc1. The van der Waals surface area contributed by atoms with E-state index < -0.39 is 5.41 Å². The summed E-state index contributed by atoms with van der Waals surface area (Å²) in [5.74, 6) is 1.97. The molecule has 0 radical (unpaired) electrons. The minimum absolute atomic E-state index is 0.450. The van der Waals surface area contributed by atoms with Crippen molar-refractivity contribution in [3.63, 3.8) is 0 Å². The summed E-state index contributed by atoms with van der Waals surface area (Å²) in [6.07, 6.45) is 0. The smallest absolute Gasteiger partial charge is 0.164 e. The zero-order chi connectivity index (χ0) is 39.6. The molecule has 0 saturated carbocycles. The molecule has 0 fully saturated rings. The van der Waals surface area contributed by atoms with Crippen LogP contribution in [-0.4, -0.2) is 15.0 Å². The zero-order valence-electron chi connectivity index (χ0n) is 32.5. The van der Waals surface area contributed by atoms with E-state index in [-0.39, 0.29) is 0 Å². The van der Waals surface area contributed by atoms with E-state index in [1.807, 2.05) is 72.0 Å². The fraction of sp³-hybridized carbons (Fsp3) is 0.0179. The molecule has 1 aliphatic carbocycles. The molecular formula is C56H35N3S. The molecule has 60 heavy (non-hydrogen) atoms. The summed E-state index contributed by atoms with van der Waals surface area (Å²) in [5.41, 5.74) is 12.7. The molecule has 3 nitrogen and oxygen atoms in total. The van der Waals surface area contributed by atoms with Gasteiger partial charge in [0.25, 0.3) is 0 Å². The lowest BCUT2D eigenvalue weighted by Crippen LogP contribution is -2.28. The molecule has 2 aromatic heterocycles. The van der Waals surface area contributed by atoms with Gasteiger partial charge in [-0.1, -0.05) is 182 Å². The number of fused-ring (bicyclic) bond motifs is 7. The molecule has 0 bridgehead atoms. The van der Waals surface area contributed by atoms with Crippen LogP contribution in [0.25, 0.3) is 87.4 Å². The average molecular weight is 782 g/mol. The normalized spacial score (nSPS) is 12.8. The second kappa shape index (κ2) is 13.8. The van der Waals surface area contributed by atoms with Gasteiger partial charge in [0.1, 0.15) is 0 Å². The molecule has 4 heteroatoms. The second-order valence-electron chi connectivity index (χ2n) is 15.5. The molecule has 2 heterocycles. The first-order valence-electron chi connectivity index (χ1n) is 20.3. The van der Waals surface area contributed by atoms with Gasteiger partial charge in [-0.05, 0) is 85.6 Å². The lowest BCUT2D eigenvalue weighted by atomic mass is 9.67. The van der Waals surface area contributed by atoms with E-state index in [1.54, 1.807) is 0 Å². The van der Waals surface area contributed by atoms with Gasteiger partial charge in [0.05, 0.1) is 5.41 Å². The van der Waals surface area contributed by atoms with E-state index in [9.17, 15) is 0 Å². The van der Waals surface area contributed by atoms with E-state index in [0.717, 1.165) is 27.5 Å². The fourth-order valence-electron chi connectivity index (χ4n) is 9.50. The molecule has 0 amide bonds. The van der Waals surface area contributed by atoms with Crippen molar-refractivity contribution in [3.05, 3.63) is 235 Å². The van der Waals surface area contributed by atoms with Crippen LogP contribution in [0.2, 0.25) is 0 Å². The van der Waals surface area contributed by atoms with E-state index in [1.165, 1.54) is 64.7 Å². The predicted octanol–water partition coefficient (Wildman–Crippen LogP) is 14.4. The molecule has 12 rings (SSSR count). The molecule has 280 valence electrons. The van der Waals surface area contributed by atoms with Crippen LogP contribution in [-0.2, 0) is 5.41 Å². The van der Waals surface area contributed by atoms with Crippen LogP contribution in [0.4, 0.5) is 0 Å². The lowest BCUT2D eigenvalue weighted by Gasteiger charge is -2.34. The van der Waals surface area contributed by atoms with E-state index in [2.05, 4.69) is 152 Å². The van der Waals surface area contributed by atoms with Crippen LogP contribution in [0.5, 0.6) is 0 Å². The first kappa shape index (κ1) is 34.5. The standard InChI is InChI=1S/C56H35N3S/c1-4-15-36(16-5-1)53-57-54(37-17-6-2-7-18-37)59-55(58-53)41-30-28-38-33-40(29-27-39(38)34-41)44-23-14-26-51-52(44)47-35-43(31-32-50(47)60-51)56(42-19-8-3-9-20-42)48-24-12-10-21-45(48)46-22-11-13-25-49(46)56/h1-35H. The minimum atomic E-state index is -0.450. The first-order valence-corrected chi connectivity index (χ1v) is 21.2. The van der Waals surface area contributed by atoms with Crippen molar-refractivity contribution < 1.29 is 0 Å². The average Bonchev–Trinajstić information content (AvgIpc) is 3.86. The van der Waals surface area contributed by atoms with Crippen molar-refractivity contribution in [2.24, 2.45) is 0 Å². The van der Waals surface area contributed by atoms with Gasteiger partial charge in [0.2, 0.25) is 0 Å². The van der Waals surface area contributed by atoms with Crippen molar-refractivity contribution in [1.82, 2.24) is 15.0 Å². The van der Waals surface area contributed by atoms with Crippen molar-refractivity contribution >= 4 is 42.3 Å². The zero-order valence-corrected chi connectivity index (χ0v) is 33.3. The Bertz CT molecular complexity index is 3330. The molecular weight excluding hydrogens is 747 g/mol. The van der Waals surface area contributed by atoms with Crippen molar-refractivity contribution in [1.29, 1.82) is 0 Å². The van der Waals surface area contributed by atoms with Crippen molar-refractivity contribution in [2.45, 2.75) is 5.41 Å². The number of aromatic nitrogens is 3. The Morgan fingerprint density at radius 1 is 0.333 bits per heavy atom. The Kier molecular flexibility index (Phi) is 7.94. The van der Waals surface area contributed by atoms with Gasteiger partial charge in [-0.15, -0.1) is 11.3 Å². The Hall–Kier alpha value is -7.53. The molecule has 0 unspecified atom stereocenters. The first-order chi connectivity index (χ1) is 29.7. The molecule has 0 spiro atoms. The van der Waals surface area contributed by atoms with Gasteiger partial charge in [0.15, 0.2) is 17.5 Å². The number of hydrogen-bond donors (Lipinski definition) is 0. The van der Waals surface area contributed by atoms with Gasteiger partial charge >= 0.3 is 0 Å². The van der Waals surface area contributed by atoms with Crippen LogP contribution in [0, 0.1) is 0 Å². The third-order valence-electron chi connectivity index (χ3n) is 12.2. The van der Waals surface area contributed by atoms with Crippen LogP contribution < -0.4 is 0 Å².